The molecule has 3 rings (SSSR count). The van der Waals surface area contributed by atoms with Gasteiger partial charge in [0.25, 0.3) is 5.91 Å². The van der Waals surface area contributed by atoms with Gasteiger partial charge in [-0.15, -0.1) is 0 Å². The topological polar surface area (TPSA) is 51.9 Å². The Morgan fingerprint density at radius 3 is 2.91 bits per heavy atom. The number of carbonyl (C=O) groups excluding carboxylic acids is 1. The van der Waals surface area contributed by atoms with Gasteiger partial charge in [0.05, 0.1) is 0 Å². The van der Waals surface area contributed by atoms with E-state index in [2.05, 4.69) is 21.8 Å². The molecule has 0 aliphatic heterocycles. The third-order valence-electron chi connectivity index (χ3n) is 4.16. The predicted octanol–water partition coefficient (Wildman–Crippen LogP) is 2.76. The molecule has 0 saturated carbocycles. The summed E-state index contributed by atoms with van der Waals surface area (Å²) in [5.74, 6) is 1.06. The number of benzene rings is 1. The van der Waals surface area contributed by atoms with Crippen LogP contribution in [-0.4, -0.2) is 26.6 Å². The summed E-state index contributed by atoms with van der Waals surface area (Å²) in [6, 6.07) is 9.96. The highest BCUT2D eigenvalue weighted by Crippen LogP contribution is 2.18. The molecule has 1 aromatic carbocycles. The van der Waals surface area contributed by atoms with E-state index in [1.165, 1.54) is 0 Å². The van der Waals surface area contributed by atoms with Crippen molar-refractivity contribution in [2.45, 2.75) is 26.3 Å². The van der Waals surface area contributed by atoms with Crippen molar-refractivity contribution in [1.82, 2.24) is 19.4 Å². The fourth-order valence-electron chi connectivity index (χ4n) is 2.91. The monoisotopic (exact) mass is 310 g/mol. The largest absolute Gasteiger partial charge is 0.351 e. The molecule has 23 heavy (non-hydrogen) atoms. The molecule has 2 heterocycles. The fraction of sp³-hybridized carbons (Fsp3) is 0.333. The summed E-state index contributed by atoms with van der Waals surface area (Å²) in [5.41, 5.74) is 1.77. The highest BCUT2D eigenvalue weighted by Gasteiger charge is 2.12. The zero-order valence-corrected chi connectivity index (χ0v) is 13.6. The SMILES string of the molecule is CCc1nccn1CCCNC(=O)c1cc2ccccc2n1C. The van der Waals surface area contributed by atoms with Crippen LogP contribution < -0.4 is 5.32 Å². The first-order valence-electron chi connectivity index (χ1n) is 8.03. The maximum atomic E-state index is 12.4. The quantitative estimate of drug-likeness (QED) is 0.712. The lowest BCUT2D eigenvalue weighted by Gasteiger charge is -2.08. The van der Waals surface area contributed by atoms with E-state index in [0.29, 0.717) is 12.2 Å². The lowest BCUT2D eigenvalue weighted by molar-refractivity contribution is 0.0945. The number of nitrogens with one attached hydrogen (secondary N) is 1. The number of fused-ring (bicyclic) bond motifs is 1. The Labute approximate surface area is 135 Å². The van der Waals surface area contributed by atoms with E-state index in [-0.39, 0.29) is 5.91 Å². The number of imidazole rings is 1. The highest BCUT2D eigenvalue weighted by molar-refractivity contribution is 5.98. The van der Waals surface area contributed by atoms with Gasteiger partial charge in [-0.1, -0.05) is 25.1 Å². The van der Waals surface area contributed by atoms with Crippen LogP contribution >= 0.6 is 0 Å². The molecule has 0 saturated heterocycles. The Morgan fingerprint density at radius 2 is 2.13 bits per heavy atom. The van der Waals surface area contributed by atoms with Crippen LogP contribution in [0, 0.1) is 0 Å². The molecule has 5 nitrogen and oxygen atoms in total. The van der Waals surface area contributed by atoms with E-state index < -0.39 is 0 Å². The maximum absolute atomic E-state index is 12.4. The van der Waals surface area contributed by atoms with Crippen LogP contribution in [0.3, 0.4) is 0 Å². The Balaban J connectivity index is 1.57. The van der Waals surface area contributed by atoms with Gasteiger partial charge in [0.15, 0.2) is 0 Å². The van der Waals surface area contributed by atoms with E-state index in [4.69, 9.17) is 0 Å². The van der Waals surface area contributed by atoms with Crippen LogP contribution in [0.2, 0.25) is 0 Å². The summed E-state index contributed by atoms with van der Waals surface area (Å²) in [6.45, 7) is 3.63. The van der Waals surface area contributed by atoms with Crippen molar-refractivity contribution in [2.75, 3.05) is 6.54 Å². The molecule has 1 N–H and O–H groups in total. The average Bonchev–Trinajstić information content (AvgIpc) is 3.16. The molecular weight excluding hydrogens is 288 g/mol. The summed E-state index contributed by atoms with van der Waals surface area (Å²) < 4.78 is 4.08. The van der Waals surface area contributed by atoms with Crippen molar-refractivity contribution in [1.29, 1.82) is 0 Å². The number of nitrogens with zero attached hydrogens (tertiary/aromatic N) is 3. The summed E-state index contributed by atoms with van der Waals surface area (Å²) in [7, 11) is 1.93. The van der Waals surface area contributed by atoms with E-state index >= 15 is 0 Å². The van der Waals surface area contributed by atoms with Gasteiger partial charge >= 0.3 is 0 Å². The van der Waals surface area contributed by atoms with Crippen molar-refractivity contribution in [3.63, 3.8) is 0 Å². The zero-order valence-electron chi connectivity index (χ0n) is 13.6. The minimum absolute atomic E-state index is 0.0231. The molecule has 0 bridgehead atoms. The van der Waals surface area contributed by atoms with Gasteiger partial charge in [0.2, 0.25) is 0 Å². The molecule has 0 aliphatic rings. The lowest BCUT2D eigenvalue weighted by atomic mass is 10.2. The number of amides is 1. The molecule has 0 spiro atoms. The molecule has 5 heteroatoms. The van der Waals surface area contributed by atoms with E-state index in [9.17, 15) is 4.79 Å². The molecule has 0 unspecified atom stereocenters. The minimum atomic E-state index is -0.0231. The first-order valence-corrected chi connectivity index (χ1v) is 8.03. The molecule has 0 fully saturated rings. The van der Waals surface area contributed by atoms with E-state index in [1.807, 2.05) is 54.3 Å². The standard InChI is InChI=1S/C18H22N4O/c1-3-17-19-10-12-22(17)11-6-9-20-18(23)16-13-14-7-4-5-8-15(14)21(16)2/h4-5,7-8,10,12-13H,3,6,9,11H2,1-2H3,(H,20,23). The van der Waals surface area contributed by atoms with E-state index in [1.54, 1.807) is 0 Å². The fourth-order valence-corrected chi connectivity index (χ4v) is 2.91. The normalized spacial score (nSPS) is 11.0. The second-order valence-electron chi connectivity index (χ2n) is 5.65. The summed E-state index contributed by atoms with van der Waals surface area (Å²) in [5, 5.41) is 4.10. The third-order valence-corrected chi connectivity index (χ3v) is 4.16. The molecule has 0 atom stereocenters. The highest BCUT2D eigenvalue weighted by atomic mass is 16.1. The lowest BCUT2D eigenvalue weighted by Crippen LogP contribution is -2.27. The van der Waals surface area contributed by atoms with Crippen LogP contribution in [0.4, 0.5) is 0 Å². The van der Waals surface area contributed by atoms with Crippen molar-refractivity contribution in [3.8, 4) is 0 Å². The molecule has 0 radical (unpaired) electrons. The van der Waals surface area contributed by atoms with Gasteiger partial charge in [0.1, 0.15) is 11.5 Å². The summed E-state index contributed by atoms with van der Waals surface area (Å²) in [4.78, 5) is 16.7. The number of aromatic nitrogens is 3. The number of carbonyl (C=O) groups is 1. The Hall–Kier alpha value is -2.56. The number of para-hydroxylation sites is 1. The molecule has 2 aromatic heterocycles. The second-order valence-corrected chi connectivity index (χ2v) is 5.65. The van der Waals surface area contributed by atoms with E-state index in [0.717, 1.165) is 36.1 Å². The number of hydrogen-bond donors (Lipinski definition) is 1. The van der Waals surface area contributed by atoms with Crippen molar-refractivity contribution < 1.29 is 4.79 Å². The third kappa shape index (κ3) is 3.13. The van der Waals surface area contributed by atoms with Gasteiger partial charge in [-0.2, -0.15) is 0 Å². The second kappa shape index (κ2) is 6.69. The maximum Gasteiger partial charge on any atom is 0.267 e. The van der Waals surface area contributed by atoms with Crippen LogP contribution in [0.15, 0.2) is 42.7 Å². The van der Waals surface area contributed by atoms with Crippen molar-refractivity contribution in [3.05, 3.63) is 54.2 Å². The first kappa shape index (κ1) is 15.3. The number of rotatable bonds is 6. The average molecular weight is 310 g/mol. The molecule has 0 aliphatic carbocycles. The Kier molecular flexibility index (Phi) is 4.46. The smallest absolute Gasteiger partial charge is 0.267 e. The van der Waals surface area contributed by atoms with Gasteiger partial charge in [-0.3, -0.25) is 4.79 Å². The van der Waals surface area contributed by atoms with Crippen molar-refractivity contribution >= 4 is 16.8 Å². The number of hydrogen-bond acceptors (Lipinski definition) is 2. The summed E-state index contributed by atoms with van der Waals surface area (Å²) >= 11 is 0. The van der Waals surface area contributed by atoms with Crippen LogP contribution in [0.25, 0.3) is 10.9 Å². The van der Waals surface area contributed by atoms with Gasteiger partial charge < -0.3 is 14.5 Å². The van der Waals surface area contributed by atoms with Gasteiger partial charge in [-0.25, -0.2) is 4.98 Å². The minimum Gasteiger partial charge on any atom is -0.351 e. The van der Waals surface area contributed by atoms with Gasteiger partial charge in [-0.05, 0) is 18.6 Å². The Bertz CT molecular complexity index is 815. The summed E-state index contributed by atoms with van der Waals surface area (Å²) in [6.07, 6.45) is 5.63. The zero-order chi connectivity index (χ0) is 16.2. The molecular formula is C18H22N4O. The van der Waals surface area contributed by atoms with Crippen LogP contribution in [0.5, 0.6) is 0 Å². The molecule has 120 valence electrons. The van der Waals surface area contributed by atoms with Crippen LogP contribution in [-0.2, 0) is 20.0 Å². The van der Waals surface area contributed by atoms with Crippen LogP contribution in [0.1, 0.15) is 29.7 Å². The number of aryl methyl sites for hydroxylation is 3. The first-order chi connectivity index (χ1) is 11.2. The van der Waals surface area contributed by atoms with Crippen molar-refractivity contribution in [2.24, 2.45) is 7.05 Å². The molecule has 1 amide bonds. The predicted molar refractivity (Wildman–Crippen MR) is 91.5 cm³/mol. The molecule has 3 aromatic rings. The van der Waals surface area contributed by atoms with Gasteiger partial charge in [0, 0.05) is 49.9 Å². The Morgan fingerprint density at radius 1 is 1.30 bits per heavy atom.